The molecule has 0 aromatic carbocycles. The summed E-state index contributed by atoms with van der Waals surface area (Å²) in [6.45, 7) is 6.45. The highest BCUT2D eigenvalue weighted by Gasteiger charge is 2.19. The van der Waals surface area contributed by atoms with Crippen molar-refractivity contribution in [1.82, 2.24) is 0 Å². The lowest BCUT2D eigenvalue weighted by Crippen LogP contribution is -2.30. The Hall–Kier alpha value is -3.67. The minimum atomic E-state index is -0.779. The summed E-state index contributed by atoms with van der Waals surface area (Å²) in [6.07, 6.45) is 94.3. The lowest BCUT2D eigenvalue weighted by molar-refractivity contribution is -0.167. The molecule has 0 amide bonds. The molecule has 0 N–H and O–H groups in total. The number of rotatable bonds is 64. The topological polar surface area (TPSA) is 78.9 Å². The van der Waals surface area contributed by atoms with Gasteiger partial charge in [-0.15, -0.1) is 0 Å². The predicted octanol–water partition coefficient (Wildman–Crippen LogP) is 24.4. The van der Waals surface area contributed by atoms with E-state index in [9.17, 15) is 14.4 Å². The van der Waals surface area contributed by atoms with Crippen LogP contribution in [-0.2, 0) is 28.6 Å². The van der Waals surface area contributed by atoms with Crippen LogP contribution in [0, 0.1) is 0 Å². The molecule has 472 valence electrons. The van der Waals surface area contributed by atoms with Crippen LogP contribution in [-0.4, -0.2) is 37.2 Å². The average Bonchev–Trinajstić information content (AvgIpc) is 3.47. The van der Waals surface area contributed by atoms with Crippen molar-refractivity contribution in [1.29, 1.82) is 0 Å². The van der Waals surface area contributed by atoms with Crippen LogP contribution >= 0.6 is 0 Å². The molecule has 0 aromatic heterocycles. The fraction of sp³-hybridized carbons (Fsp3) is 0.750. The molecule has 0 saturated heterocycles. The molecule has 1 unspecified atom stereocenters. The Balaban J connectivity index is 4.22. The lowest BCUT2D eigenvalue weighted by atomic mass is 10.0. The van der Waals surface area contributed by atoms with Crippen LogP contribution in [0.15, 0.2) is 97.2 Å². The SMILES string of the molecule is CC/C=C\C/C=C\C/C=C\C/C=C\CCCCCCCCCCCCCCCCCCC(=O)OCC(COC(=O)CCCCCCCCCCCCCC)OC(=O)CCCCCCCCCCCC/C=C\C/C=C\C/C=C\C/C=C\CC. The molecular formula is C76H132O6. The van der Waals surface area contributed by atoms with Gasteiger partial charge in [0.15, 0.2) is 6.10 Å². The number of unbranched alkanes of at least 4 members (excludes halogenated alkanes) is 37. The maximum atomic E-state index is 12.9. The van der Waals surface area contributed by atoms with Gasteiger partial charge in [0, 0.05) is 19.3 Å². The molecule has 6 nitrogen and oxygen atoms in total. The minimum Gasteiger partial charge on any atom is -0.462 e. The summed E-state index contributed by atoms with van der Waals surface area (Å²) in [4.78, 5) is 38.4. The van der Waals surface area contributed by atoms with E-state index in [2.05, 4.69) is 118 Å². The highest BCUT2D eigenvalue weighted by Crippen LogP contribution is 2.18. The first-order valence-electron chi connectivity index (χ1n) is 35.2. The molecule has 0 saturated carbocycles. The summed E-state index contributed by atoms with van der Waals surface area (Å²) in [5, 5.41) is 0. The van der Waals surface area contributed by atoms with E-state index < -0.39 is 6.10 Å². The Morgan fingerprint density at radius 1 is 0.256 bits per heavy atom. The summed E-state index contributed by atoms with van der Waals surface area (Å²) in [6, 6.07) is 0. The van der Waals surface area contributed by atoms with E-state index >= 15 is 0 Å². The van der Waals surface area contributed by atoms with Gasteiger partial charge in [-0.05, 0) is 96.3 Å². The van der Waals surface area contributed by atoms with Crippen LogP contribution in [0.1, 0.15) is 348 Å². The van der Waals surface area contributed by atoms with Crippen LogP contribution in [0.2, 0.25) is 0 Å². The van der Waals surface area contributed by atoms with E-state index in [0.717, 1.165) is 109 Å². The second kappa shape index (κ2) is 69.8. The second-order valence-electron chi connectivity index (χ2n) is 23.4. The zero-order valence-corrected chi connectivity index (χ0v) is 54.2. The third-order valence-electron chi connectivity index (χ3n) is 15.3. The smallest absolute Gasteiger partial charge is 0.306 e. The summed E-state index contributed by atoms with van der Waals surface area (Å²) < 4.78 is 17.0. The molecule has 0 heterocycles. The van der Waals surface area contributed by atoms with Crippen molar-refractivity contribution in [3.8, 4) is 0 Å². The predicted molar refractivity (Wildman–Crippen MR) is 357 cm³/mol. The van der Waals surface area contributed by atoms with Gasteiger partial charge < -0.3 is 14.2 Å². The van der Waals surface area contributed by atoms with Crippen molar-refractivity contribution in [2.24, 2.45) is 0 Å². The largest absolute Gasteiger partial charge is 0.462 e. The number of ether oxygens (including phenoxy) is 3. The number of allylic oxidation sites excluding steroid dienone is 16. The molecule has 0 fully saturated rings. The molecule has 0 radical (unpaired) electrons. The Morgan fingerprint density at radius 2 is 0.476 bits per heavy atom. The van der Waals surface area contributed by atoms with E-state index in [1.54, 1.807) is 0 Å². The number of hydrogen-bond acceptors (Lipinski definition) is 6. The number of carbonyl (C=O) groups excluding carboxylic acids is 3. The number of esters is 3. The molecule has 0 rings (SSSR count). The maximum absolute atomic E-state index is 12.9. The quantitative estimate of drug-likeness (QED) is 0.0261. The highest BCUT2D eigenvalue weighted by molar-refractivity contribution is 5.71. The molecule has 1 atom stereocenters. The van der Waals surface area contributed by atoms with Crippen molar-refractivity contribution in [2.45, 2.75) is 354 Å². The van der Waals surface area contributed by atoms with E-state index in [0.29, 0.717) is 19.3 Å². The van der Waals surface area contributed by atoms with E-state index in [-0.39, 0.29) is 31.1 Å². The fourth-order valence-corrected chi connectivity index (χ4v) is 10.1. The van der Waals surface area contributed by atoms with E-state index in [1.807, 2.05) is 0 Å². The Kier molecular flexibility index (Phi) is 66.7. The first kappa shape index (κ1) is 78.3. The van der Waals surface area contributed by atoms with E-state index in [4.69, 9.17) is 14.2 Å². The fourth-order valence-electron chi connectivity index (χ4n) is 10.1. The van der Waals surface area contributed by atoms with Crippen LogP contribution in [0.25, 0.3) is 0 Å². The molecule has 0 aromatic rings. The van der Waals surface area contributed by atoms with Crippen LogP contribution in [0.5, 0.6) is 0 Å². The normalized spacial score (nSPS) is 12.7. The third kappa shape index (κ3) is 67.1. The molecular weight excluding hydrogens is 1010 g/mol. The van der Waals surface area contributed by atoms with Crippen LogP contribution < -0.4 is 0 Å². The van der Waals surface area contributed by atoms with Crippen LogP contribution in [0.4, 0.5) is 0 Å². The average molecular weight is 1140 g/mol. The zero-order chi connectivity index (χ0) is 59.2. The van der Waals surface area contributed by atoms with Gasteiger partial charge >= 0.3 is 17.9 Å². The zero-order valence-electron chi connectivity index (χ0n) is 54.2. The molecule has 0 aliphatic heterocycles. The van der Waals surface area contributed by atoms with Gasteiger partial charge in [-0.25, -0.2) is 0 Å². The van der Waals surface area contributed by atoms with Crippen molar-refractivity contribution < 1.29 is 28.6 Å². The summed E-state index contributed by atoms with van der Waals surface area (Å²) in [5.41, 5.74) is 0. The maximum Gasteiger partial charge on any atom is 0.306 e. The Labute approximate surface area is 508 Å². The van der Waals surface area contributed by atoms with Gasteiger partial charge in [-0.1, -0.05) is 330 Å². The number of carbonyl (C=O) groups is 3. The van der Waals surface area contributed by atoms with Crippen molar-refractivity contribution in [2.75, 3.05) is 13.2 Å². The van der Waals surface area contributed by atoms with Gasteiger partial charge in [0.1, 0.15) is 13.2 Å². The number of hydrogen-bond donors (Lipinski definition) is 0. The monoisotopic (exact) mass is 1140 g/mol. The molecule has 0 aliphatic rings. The minimum absolute atomic E-state index is 0.0743. The summed E-state index contributed by atoms with van der Waals surface area (Å²) in [7, 11) is 0. The summed E-state index contributed by atoms with van der Waals surface area (Å²) in [5.74, 6) is -0.861. The molecule has 0 spiro atoms. The molecule has 82 heavy (non-hydrogen) atoms. The Bertz CT molecular complexity index is 1590. The first-order valence-corrected chi connectivity index (χ1v) is 35.2. The van der Waals surface area contributed by atoms with Gasteiger partial charge in [0.2, 0.25) is 0 Å². The van der Waals surface area contributed by atoms with Gasteiger partial charge in [-0.3, -0.25) is 14.4 Å². The molecule has 0 bridgehead atoms. The van der Waals surface area contributed by atoms with Crippen molar-refractivity contribution >= 4 is 17.9 Å². The molecule has 0 aliphatic carbocycles. The van der Waals surface area contributed by atoms with Crippen molar-refractivity contribution in [3.05, 3.63) is 97.2 Å². The lowest BCUT2D eigenvalue weighted by Gasteiger charge is -2.18. The highest BCUT2D eigenvalue weighted by atomic mass is 16.6. The van der Waals surface area contributed by atoms with Gasteiger partial charge in [-0.2, -0.15) is 0 Å². The Morgan fingerprint density at radius 3 is 0.744 bits per heavy atom. The summed E-state index contributed by atoms with van der Waals surface area (Å²) >= 11 is 0. The van der Waals surface area contributed by atoms with Gasteiger partial charge in [0.05, 0.1) is 0 Å². The second-order valence-corrected chi connectivity index (χ2v) is 23.4. The van der Waals surface area contributed by atoms with Crippen molar-refractivity contribution in [3.63, 3.8) is 0 Å². The molecule has 6 heteroatoms. The van der Waals surface area contributed by atoms with Gasteiger partial charge in [0.25, 0.3) is 0 Å². The van der Waals surface area contributed by atoms with Crippen LogP contribution in [0.3, 0.4) is 0 Å². The van der Waals surface area contributed by atoms with E-state index in [1.165, 1.54) is 199 Å². The first-order chi connectivity index (χ1) is 40.5. The standard InChI is InChI=1S/C76H132O6/c1-4-7-10-13-16-19-22-25-27-29-31-33-35-36-37-38-39-40-42-43-45-47-49-51-54-57-60-63-66-69-75(78)81-72-73(71-80-74(77)68-65-62-59-56-53-24-21-18-15-12-9-6-3)82-76(79)70-67-64-61-58-55-52-50-48-46-44-41-34-32-30-28-26-23-20-17-14-11-8-5-2/h7-8,10-11,16-17,19-20,25-28,31-34,73H,4-6,9,12-15,18,21-24,29-30,35-72H2,1-3H3/b10-7-,11-8-,19-16-,20-17-,27-25-,28-26-,33-31-,34-32-. The third-order valence-corrected chi connectivity index (χ3v) is 15.3.